The summed E-state index contributed by atoms with van der Waals surface area (Å²) in [6.45, 7) is 0.421. The molecule has 20 heavy (non-hydrogen) atoms. The lowest BCUT2D eigenvalue weighted by Crippen LogP contribution is -2.27. The number of carbonyl (C=O) groups excluding carboxylic acids is 2. The number of oxime groups is 1. The number of nitrogens with zero attached hydrogens (tertiary/aromatic N) is 1. The highest BCUT2D eigenvalue weighted by molar-refractivity contribution is 5.97. The minimum atomic E-state index is -0.377. The molecule has 0 bridgehead atoms. The Morgan fingerprint density at radius 3 is 2.40 bits per heavy atom. The summed E-state index contributed by atoms with van der Waals surface area (Å²) < 4.78 is 0. The highest BCUT2D eigenvalue weighted by atomic mass is 16.4. The van der Waals surface area contributed by atoms with Crippen LogP contribution in [-0.4, -0.2) is 29.4 Å². The molecule has 1 aromatic carbocycles. The Morgan fingerprint density at radius 2 is 1.85 bits per heavy atom. The summed E-state index contributed by atoms with van der Waals surface area (Å²) in [5, 5.41) is 14.1. The van der Waals surface area contributed by atoms with E-state index >= 15 is 0 Å². The van der Waals surface area contributed by atoms with Crippen molar-refractivity contribution >= 4 is 17.6 Å². The average molecular weight is 278 g/mol. The van der Waals surface area contributed by atoms with Gasteiger partial charge in [-0.3, -0.25) is 9.59 Å². The van der Waals surface area contributed by atoms with Crippen LogP contribution in [0.1, 0.15) is 24.0 Å². The van der Waals surface area contributed by atoms with E-state index in [2.05, 4.69) is 10.5 Å². The van der Waals surface area contributed by atoms with Crippen molar-refractivity contribution in [2.75, 3.05) is 6.54 Å². The van der Waals surface area contributed by atoms with Gasteiger partial charge < -0.3 is 22.0 Å². The number of benzene rings is 1. The molecule has 108 valence electrons. The Kier molecular flexibility index (Phi) is 6.02. The molecular formula is C13H18N4O3. The molecule has 0 fully saturated rings. The Morgan fingerprint density at radius 1 is 1.20 bits per heavy atom. The van der Waals surface area contributed by atoms with Crippen molar-refractivity contribution in [3.63, 3.8) is 0 Å². The first-order valence-electron chi connectivity index (χ1n) is 6.14. The van der Waals surface area contributed by atoms with E-state index in [0.29, 0.717) is 18.5 Å². The minimum Gasteiger partial charge on any atom is -0.409 e. The van der Waals surface area contributed by atoms with Crippen LogP contribution in [0.3, 0.4) is 0 Å². The molecule has 0 atom stereocenters. The molecule has 1 rings (SSSR count). The predicted molar refractivity (Wildman–Crippen MR) is 74.1 cm³/mol. The van der Waals surface area contributed by atoms with Gasteiger partial charge in [-0.25, -0.2) is 0 Å². The summed E-state index contributed by atoms with van der Waals surface area (Å²) >= 11 is 0. The fraction of sp³-hybridized carbons (Fsp3) is 0.308. The van der Waals surface area contributed by atoms with Crippen molar-refractivity contribution in [3.8, 4) is 0 Å². The summed E-state index contributed by atoms with van der Waals surface area (Å²) in [6, 6.07) is 6.81. The molecule has 0 saturated carbocycles. The zero-order valence-corrected chi connectivity index (χ0v) is 11.0. The Bertz CT molecular complexity index is 497. The fourth-order valence-electron chi connectivity index (χ4n) is 1.59. The van der Waals surface area contributed by atoms with E-state index in [1.54, 1.807) is 24.3 Å². The van der Waals surface area contributed by atoms with Gasteiger partial charge in [0, 0.05) is 18.5 Å². The number of primary amides is 1. The lowest BCUT2D eigenvalue weighted by Gasteiger charge is -2.05. The predicted octanol–water partition coefficient (Wildman–Crippen LogP) is -0.295. The molecule has 0 heterocycles. The molecule has 1 aromatic rings. The maximum atomic E-state index is 11.6. The zero-order chi connectivity index (χ0) is 15.0. The van der Waals surface area contributed by atoms with Gasteiger partial charge in [0.25, 0.3) is 0 Å². The fourth-order valence-corrected chi connectivity index (χ4v) is 1.59. The maximum absolute atomic E-state index is 11.6. The molecule has 0 aliphatic rings. The molecule has 0 radical (unpaired) electrons. The summed E-state index contributed by atoms with van der Waals surface area (Å²) in [7, 11) is 0. The maximum Gasteiger partial charge on any atom is 0.224 e. The summed E-state index contributed by atoms with van der Waals surface area (Å²) in [5.74, 6) is -0.489. The smallest absolute Gasteiger partial charge is 0.224 e. The summed E-state index contributed by atoms with van der Waals surface area (Å²) in [4.78, 5) is 22.1. The average Bonchev–Trinajstić information content (AvgIpc) is 2.43. The zero-order valence-electron chi connectivity index (χ0n) is 11.0. The second kappa shape index (κ2) is 7.78. The van der Waals surface area contributed by atoms with E-state index in [0.717, 1.165) is 5.56 Å². The largest absolute Gasteiger partial charge is 0.409 e. The molecular weight excluding hydrogens is 260 g/mol. The topological polar surface area (TPSA) is 131 Å². The van der Waals surface area contributed by atoms with Crippen molar-refractivity contribution in [2.45, 2.75) is 19.3 Å². The second-order valence-electron chi connectivity index (χ2n) is 4.28. The summed E-state index contributed by atoms with van der Waals surface area (Å²) in [5.41, 5.74) is 11.8. The van der Waals surface area contributed by atoms with Gasteiger partial charge in [-0.1, -0.05) is 29.4 Å². The number of amides is 2. The van der Waals surface area contributed by atoms with E-state index < -0.39 is 0 Å². The van der Waals surface area contributed by atoms with Crippen molar-refractivity contribution < 1.29 is 14.8 Å². The van der Waals surface area contributed by atoms with Gasteiger partial charge in [0.2, 0.25) is 11.8 Å². The normalized spacial score (nSPS) is 11.1. The van der Waals surface area contributed by atoms with Crippen molar-refractivity contribution in [3.05, 3.63) is 35.4 Å². The van der Waals surface area contributed by atoms with E-state index in [9.17, 15) is 9.59 Å². The van der Waals surface area contributed by atoms with Crippen LogP contribution < -0.4 is 16.8 Å². The highest BCUT2D eigenvalue weighted by Crippen LogP contribution is 2.05. The highest BCUT2D eigenvalue weighted by Gasteiger charge is 2.04. The molecule has 0 saturated heterocycles. The number of hydrogen-bond acceptors (Lipinski definition) is 4. The number of rotatable bonds is 7. The van der Waals surface area contributed by atoms with Gasteiger partial charge in [0.15, 0.2) is 5.84 Å². The van der Waals surface area contributed by atoms with Gasteiger partial charge >= 0.3 is 0 Å². The van der Waals surface area contributed by atoms with Crippen LogP contribution in [0.5, 0.6) is 0 Å². The molecule has 0 unspecified atom stereocenters. The Balaban J connectivity index is 2.40. The first kappa shape index (κ1) is 15.5. The van der Waals surface area contributed by atoms with Gasteiger partial charge in [-0.05, 0) is 12.0 Å². The third-order valence-corrected chi connectivity index (χ3v) is 2.64. The molecule has 0 aromatic heterocycles. The first-order chi connectivity index (χ1) is 9.52. The molecule has 7 heteroatoms. The first-order valence-corrected chi connectivity index (χ1v) is 6.14. The number of hydrogen-bond donors (Lipinski definition) is 4. The number of amidine groups is 1. The van der Waals surface area contributed by atoms with Crippen molar-refractivity contribution in [1.29, 1.82) is 0 Å². The van der Waals surface area contributed by atoms with E-state index in [1.165, 1.54) is 0 Å². The molecule has 7 nitrogen and oxygen atoms in total. The number of nitrogens with one attached hydrogen (secondary N) is 1. The van der Waals surface area contributed by atoms with Crippen LogP contribution in [0.15, 0.2) is 29.4 Å². The van der Waals surface area contributed by atoms with Crippen LogP contribution in [0, 0.1) is 0 Å². The molecule has 0 spiro atoms. The van der Waals surface area contributed by atoms with Crippen LogP contribution in [0.2, 0.25) is 0 Å². The molecule has 6 N–H and O–H groups in total. The standard InChI is InChI=1S/C13H18N4O3/c14-11(18)2-1-7-16-12(19)8-9-3-5-10(6-4-9)13(15)17-20/h3-6,20H,1-2,7-8H2,(H2,14,18)(H2,15,17)(H,16,19). The third-order valence-electron chi connectivity index (χ3n) is 2.64. The van der Waals surface area contributed by atoms with Gasteiger partial charge in [0.05, 0.1) is 6.42 Å². The van der Waals surface area contributed by atoms with E-state index in [4.69, 9.17) is 16.7 Å². The second-order valence-corrected chi connectivity index (χ2v) is 4.28. The summed E-state index contributed by atoms with van der Waals surface area (Å²) in [6.07, 6.45) is 1.02. The number of carbonyl (C=O) groups is 2. The van der Waals surface area contributed by atoms with Gasteiger partial charge in [-0.15, -0.1) is 0 Å². The van der Waals surface area contributed by atoms with Gasteiger partial charge in [0.1, 0.15) is 0 Å². The van der Waals surface area contributed by atoms with E-state index in [1.807, 2.05) is 0 Å². The quantitative estimate of drug-likeness (QED) is 0.179. The van der Waals surface area contributed by atoms with E-state index in [-0.39, 0.29) is 30.5 Å². The third kappa shape index (κ3) is 5.38. The molecule has 0 aliphatic carbocycles. The minimum absolute atomic E-state index is 0.0208. The van der Waals surface area contributed by atoms with Crippen LogP contribution in [0.4, 0.5) is 0 Å². The Labute approximate surface area is 116 Å². The van der Waals surface area contributed by atoms with Crippen LogP contribution >= 0.6 is 0 Å². The molecule has 0 aliphatic heterocycles. The van der Waals surface area contributed by atoms with Crippen LogP contribution in [0.25, 0.3) is 0 Å². The monoisotopic (exact) mass is 278 g/mol. The van der Waals surface area contributed by atoms with Crippen molar-refractivity contribution in [2.24, 2.45) is 16.6 Å². The molecule has 2 amide bonds. The lowest BCUT2D eigenvalue weighted by atomic mass is 10.1. The van der Waals surface area contributed by atoms with Crippen LogP contribution in [-0.2, 0) is 16.0 Å². The Hall–Kier alpha value is -2.57. The van der Waals surface area contributed by atoms with Gasteiger partial charge in [-0.2, -0.15) is 0 Å². The SMILES string of the molecule is NC(=O)CCCNC(=O)Cc1ccc(C(N)=NO)cc1. The van der Waals surface area contributed by atoms with Crippen molar-refractivity contribution in [1.82, 2.24) is 5.32 Å². The number of nitrogens with two attached hydrogens (primary N) is 2. The lowest BCUT2D eigenvalue weighted by molar-refractivity contribution is -0.121.